The highest BCUT2D eigenvalue weighted by Gasteiger charge is 2.51. The zero-order valence-corrected chi connectivity index (χ0v) is 10.9. The van der Waals surface area contributed by atoms with Crippen molar-refractivity contribution in [3.05, 3.63) is 57.8 Å². The van der Waals surface area contributed by atoms with Gasteiger partial charge in [-0.05, 0) is 29.9 Å². The van der Waals surface area contributed by atoms with Gasteiger partial charge in [0.15, 0.2) is 0 Å². The quantitative estimate of drug-likeness (QED) is 0.870. The van der Waals surface area contributed by atoms with Crippen LogP contribution in [0.25, 0.3) is 0 Å². The van der Waals surface area contributed by atoms with Crippen molar-refractivity contribution in [3.63, 3.8) is 0 Å². The molecule has 0 amide bonds. The van der Waals surface area contributed by atoms with E-state index in [0.29, 0.717) is 23.3 Å². The van der Waals surface area contributed by atoms with Crippen LogP contribution < -0.4 is 0 Å². The molecule has 1 fully saturated rings. The first kappa shape index (κ1) is 12.1. The van der Waals surface area contributed by atoms with Crippen molar-refractivity contribution in [3.8, 4) is 0 Å². The number of carboxylic acid groups (broad SMARTS) is 1. The molecule has 0 saturated heterocycles. The second-order valence-electron chi connectivity index (χ2n) is 4.77. The Morgan fingerprint density at radius 3 is 2.26 bits per heavy atom. The third kappa shape index (κ3) is 1.98. The van der Waals surface area contributed by atoms with Gasteiger partial charge in [-0.1, -0.05) is 30.3 Å². The van der Waals surface area contributed by atoms with Crippen LogP contribution in [0.2, 0.25) is 0 Å². The van der Waals surface area contributed by atoms with Gasteiger partial charge in [-0.25, -0.2) is 0 Å². The molecule has 3 rings (SSSR count). The van der Waals surface area contributed by atoms with E-state index in [1.807, 2.05) is 11.4 Å². The van der Waals surface area contributed by atoms with Crippen molar-refractivity contribution in [2.45, 2.75) is 18.3 Å². The Morgan fingerprint density at radius 1 is 1.11 bits per heavy atom. The van der Waals surface area contributed by atoms with Crippen LogP contribution in [0.15, 0.2) is 41.8 Å². The highest BCUT2D eigenvalue weighted by molar-refractivity contribution is 7.12. The highest BCUT2D eigenvalue weighted by Crippen LogP contribution is 2.48. The predicted molar refractivity (Wildman–Crippen MR) is 72.7 cm³/mol. The number of hydrogen-bond donors (Lipinski definition) is 1. The fourth-order valence-electron chi connectivity index (χ4n) is 2.24. The molecule has 0 aliphatic heterocycles. The fourth-order valence-corrected chi connectivity index (χ4v) is 2.93. The predicted octanol–water partition coefficient (Wildman–Crippen LogP) is 3.10. The lowest BCUT2D eigenvalue weighted by Gasteiger charge is -2.10. The van der Waals surface area contributed by atoms with E-state index in [1.165, 1.54) is 11.3 Å². The summed E-state index contributed by atoms with van der Waals surface area (Å²) in [6.45, 7) is 0. The average Bonchev–Trinajstić information content (AvgIpc) is 3.07. The molecule has 0 unspecified atom stereocenters. The van der Waals surface area contributed by atoms with E-state index in [-0.39, 0.29) is 5.78 Å². The SMILES string of the molecule is O=C(c1ccc(C2(C(=O)O)CC2)cc1)c1cccs1. The first-order valence-electron chi connectivity index (χ1n) is 6.06. The Labute approximate surface area is 114 Å². The molecule has 0 atom stereocenters. The second-order valence-corrected chi connectivity index (χ2v) is 5.72. The van der Waals surface area contributed by atoms with Gasteiger partial charge >= 0.3 is 5.97 Å². The van der Waals surface area contributed by atoms with Crippen LogP contribution >= 0.6 is 11.3 Å². The molecule has 1 saturated carbocycles. The van der Waals surface area contributed by atoms with E-state index in [2.05, 4.69) is 0 Å². The lowest BCUT2D eigenvalue weighted by Crippen LogP contribution is -2.19. The second kappa shape index (κ2) is 4.31. The number of rotatable bonds is 4. The van der Waals surface area contributed by atoms with Crippen molar-refractivity contribution in [2.24, 2.45) is 0 Å². The molecule has 0 bridgehead atoms. The number of carbonyl (C=O) groups is 2. The molecule has 2 aromatic rings. The van der Waals surface area contributed by atoms with Gasteiger partial charge in [0.05, 0.1) is 10.3 Å². The largest absolute Gasteiger partial charge is 0.481 e. The molecule has 1 aromatic carbocycles. The lowest BCUT2D eigenvalue weighted by molar-refractivity contribution is -0.140. The van der Waals surface area contributed by atoms with Crippen LogP contribution in [-0.2, 0) is 10.2 Å². The third-order valence-electron chi connectivity index (χ3n) is 3.60. The zero-order valence-electron chi connectivity index (χ0n) is 10.1. The standard InChI is InChI=1S/C15H12O3S/c16-13(12-2-1-9-19-12)10-3-5-11(6-4-10)15(7-8-15)14(17)18/h1-6,9H,7-8H2,(H,17,18). The summed E-state index contributed by atoms with van der Waals surface area (Å²) in [5.74, 6) is -0.786. The summed E-state index contributed by atoms with van der Waals surface area (Å²) >= 11 is 1.41. The molecule has 0 radical (unpaired) electrons. The Bertz CT molecular complexity index is 622. The number of aliphatic carboxylic acids is 1. The maximum Gasteiger partial charge on any atom is 0.314 e. The minimum Gasteiger partial charge on any atom is -0.481 e. The summed E-state index contributed by atoms with van der Waals surface area (Å²) in [4.78, 5) is 24.0. The van der Waals surface area contributed by atoms with Gasteiger partial charge in [-0.2, -0.15) is 0 Å². The van der Waals surface area contributed by atoms with Crippen LogP contribution in [0.3, 0.4) is 0 Å². The smallest absolute Gasteiger partial charge is 0.314 e. The minimum absolute atomic E-state index is 0.0123. The van der Waals surface area contributed by atoms with Crippen molar-refractivity contribution < 1.29 is 14.7 Å². The van der Waals surface area contributed by atoms with Gasteiger partial charge in [0.2, 0.25) is 5.78 Å². The van der Waals surface area contributed by atoms with Crippen molar-refractivity contribution in [1.82, 2.24) is 0 Å². The van der Waals surface area contributed by atoms with Crippen molar-refractivity contribution in [1.29, 1.82) is 0 Å². The molecular formula is C15H12O3S. The summed E-state index contributed by atoms with van der Waals surface area (Å²) in [6.07, 6.45) is 1.36. The summed E-state index contributed by atoms with van der Waals surface area (Å²) in [7, 11) is 0. The van der Waals surface area contributed by atoms with E-state index in [4.69, 9.17) is 0 Å². The molecule has 1 N–H and O–H groups in total. The topological polar surface area (TPSA) is 54.4 Å². The Balaban J connectivity index is 1.88. The van der Waals surface area contributed by atoms with E-state index in [1.54, 1.807) is 30.3 Å². The molecule has 3 nitrogen and oxygen atoms in total. The van der Waals surface area contributed by atoms with Crippen LogP contribution in [-0.4, -0.2) is 16.9 Å². The van der Waals surface area contributed by atoms with E-state index in [9.17, 15) is 14.7 Å². The van der Waals surface area contributed by atoms with Crippen LogP contribution in [0, 0.1) is 0 Å². The molecule has 1 heterocycles. The van der Waals surface area contributed by atoms with Crippen LogP contribution in [0.4, 0.5) is 0 Å². The number of carboxylic acids is 1. The highest BCUT2D eigenvalue weighted by atomic mass is 32.1. The molecule has 96 valence electrons. The van der Waals surface area contributed by atoms with E-state index >= 15 is 0 Å². The number of thiophene rings is 1. The zero-order chi connectivity index (χ0) is 13.5. The fraction of sp³-hybridized carbons (Fsp3) is 0.200. The molecule has 1 aliphatic rings. The summed E-state index contributed by atoms with van der Waals surface area (Å²) in [5, 5.41) is 11.1. The Kier molecular flexibility index (Phi) is 2.75. The van der Waals surface area contributed by atoms with E-state index < -0.39 is 11.4 Å². The normalized spacial score (nSPS) is 16.0. The van der Waals surface area contributed by atoms with Crippen molar-refractivity contribution >= 4 is 23.1 Å². The monoisotopic (exact) mass is 272 g/mol. The molecule has 1 aromatic heterocycles. The van der Waals surface area contributed by atoms with Gasteiger partial charge in [0.1, 0.15) is 0 Å². The maximum absolute atomic E-state index is 12.1. The van der Waals surface area contributed by atoms with Crippen molar-refractivity contribution in [2.75, 3.05) is 0 Å². The number of ketones is 1. The summed E-state index contributed by atoms with van der Waals surface area (Å²) in [5.41, 5.74) is 0.694. The number of benzene rings is 1. The maximum atomic E-state index is 12.1. The summed E-state index contributed by atoms with van der Waals surface area (Å²) < 4.78 is 0. The number of hydrogen-bond acceptors (Lipinski definition) is 3. The molecule has 1 aliphatic carbocycles. The number of carbonyl (C=O) groups excluding carboxylic acids is 1. The van der Waals surface area contributed by atoms with Gasteiger partial charge in [-0.3, -0.25) is 9.59 Å². The average molecular weight is 272 g/mol. The minimum atomic E-state index is -0.773. The molecule has 4 heteroatoms. The first-order chi connectivity index (χ1) is 9.13. The molecule has 19 heavy (non-hydrogen) atoms. The first-order valence-corrected chi connectivity index (χ1v) is 6.94. The van der Waals surface area contributed by atoms with Crippen LogP contribution in [0.5, 0.6) is 0 Å². The summed E-state index contributed by atoms with van der Waals surface area (Å²) in [6, 6.07) is 10.6. The Morgan fingerprint density at radius 2 is 1.79 bits per heavy atom. The van der Waals surface area contributed by atoms with Crippen LogP contribution in [0.1, 0.15) is 33.6 Å². The third-order valence-corrected chi connectivity index (χ3v) is 4.47. The van der Waals surface area contributed by atoms with Gasteiger partial charge in [-0.15, -0.1) is 11.3 Å². The van der Waals surface area contributed by atoms with Gasteiger partial charge in [0.25, 0.3) is 0 Å². The molecular weight excluding hydrogens is 260 g/mol. The van der Waals surface area contributed by atoms with E-state index in [0.717, 1.165) is 5.56 Å². The van der Waals surface area contributed by atoms with Gasteiger partial charge < -0.3 is 5.11 Å². The molecule has 0 spiro atoms. The lowest BCUT2D eigenvalue weighted by atomic mass is 9.94. The van der Waals surface area contributed by atoms with Gasteiger partial charge in [0, 0.05) is 5.56 Å². The Hall–Kier alpha value is -1.94.